The molecule has 3 rings (SSSR count). The van der Waals surface area contributed by atoms with Crippen LogP contribution in [0.4, 0.5) is 0 Å². The Hall–Kier alpha value is -1.66. The predicted octanol–water partition coefficient (Wildman–Crippen LogP) is 3.34. The third-order valence-electron chi connectivity index (χ3n) is 3.09. The van der Waals surface area contributed by atoms with E-state index in [0.29, 0.717) is 10.1 Å². The van der Waals surface area contributed by atoms with Gasteiger partial charge in [0.15, 0.2) is 0 Å². The largest absolute Gasteiger partial charge is 0.268 e. The molecule has 2 heterocycles. The van der Waals surface area contributed by atoms with Gasteiger partial charge in [-0.15, -0.1) is 0 Å². The van der Waals surface area contributed by atoms with Gasteiger partial charge in [-0.3, -0.25) is 0 Å². The minimum Gasteiger partial charge on any atom is -0.247 e. The lowest BCUT2D eigenvalue weighted by Gasteiger charge is -2.07. The fourth-order valence-electron chi connectivity index (χ4n) is 2.02. The van der Waals surface area contributed by atoms with Crippen LogP contribution in [0.3, 0.4) is 0 Å². The lowest BCUT2D eigenvalue weighted by molar-refractivity contribution is 0.589. The first-order valence-corrected chi connectivity index (χ1v) is 8.17. The molecule has 0 aliphatic heterocycles. The number of nitrogens with zero attached hydrogens (tertiary/aromatic N) is 2. The molecule has 3 aromatic rings. The molecular weight excluding hydrogens is 340 g/mol. The van der Waals surface area contributed by atoms with E-state index < -0.39 is 10.0 Å². The maximum atomic E-state index is 12.6. The molecule has 0 radical (unpaired) electrons. The van der Waals surface area contributed by atoms with Gasteiger partial charge in [-0.2, -0.15) is 0 Å². The summed E-state index contributed by atoms with van der Waals surface area (Å²) < 4.78 is 27.2. The highest BCUT2D eigenvalue weighted by molar-refractivity contribution is 9.10. The minimum absolute atomic E-state index is 0.267. The molecule has 0 atom stereocenters. The zero-order valence-corrected chi connectivity index (χ0v) is 13.0. The monoisotopic (exact) mass is 350 g/mol. The maximum Gasteiger partial charge on any atom is 0.268 e. The fraction of sp³-hybridized carbons (Fsp3) is 0.0714. The number of halogens is 1. The van der Waals surface area contributed by atoms with Crippen molar-refractivity contribution in [2.45, 2.75) is 11.8 Å². The summed E-state index contributed by atoms with van der Waals surface area (Å²) in [5, 5.41) is 0.822. The van der Waals surface area contributed by atoms with Crippen molar-refractivity contribution in [1.82, 2.24) is 8.96 Å². The molecular formula is C14H11BrN2O2S. The van der Waals surface area contributed by atoms with Crippen LogP contribution in [0.1, 0.15) is 5.56 Å². The first kappa shape index (κ1) is 13.3. The van der Waals surface area contributed by atoms with Crippen LogP contribution in [-0.4, -0.2) is 17.4 Å². The topological polar surface area (TPSA) is 52.0 Å². The lowest BCUT2D eigenvalue weighted by atomic mass is 10.2. The van der Waals surface area contributed by atoms with E-state index in [-0.39, 0.29) is 4.90 Å². The second-order valence-corrected chi connectivity index (χ2v) is 7.12. The Bertz CT molecular complexity index is 883. The van der Waals surface area contributed by atoms with Crippen molar-refractivity contribution in [2.75, 3.05) is 0 Å². The average Bonchev–Trinajstić information content (AvgIpc) is 2.82. The van der Waals surface area contributed by atoms with Gasteiger partial charge in [0, 0.05) is 11.6 Å². The molecule has 0 fully saturated rings. The molecule has 6 heteroatoms. The van der Waals surface area contributed by atoms with Gasteiger partial charge in [0.25, 0.3) is 10.0 Å². The van der Waals surface area contributed by atoms with Crippen molar-refractivity contribution in [1.29, 1.82) is 0 Å². The Kier molecular flexibility index (Phi) is 3.14. The van der Waals surface area contributed by atoms with Crippen LogP contribution >= 0.6 is 15.9 Å². The van der Waals surface area contributed by atoms with Crippen LogP contribution in [0, 0.1) is 6.92 Å². The number of hydrogen-bond donors (Lipinski definition) is 0. The van der Waals surface area contributed by atoms with Crippen molar-refractivity contribution in [3.8, 4) is 0 Å². The van der Waals surface area contributed by atoms with E-state index in [0.717, 1.165) is 10.9 Å². The summed E-state index contributed by atoms with van der Waals surface area (Å²) >= 11 is 3.28. The Morgan fingerprint density at radius 1 is 1.15 bits per heavy atom. The summed E-state index contributed by atoms with van der Waals surface area (Å²) in [7, 11) is -3.59. The predicted molar refractivity (Wildman–Crippen MR) is 81.2 cm³/mol. The van der Waals surface area contributed by atoms with Crippen molar-refractivity contribution in [3.63, 3.8) is 0 Å². The Labute approximate surface area is 125 Å². The molecule has 1 aromatic carbocycles. The highest BCUT2D eigenvalue weighted by Crippen LogP contribution is 2.23. The van der Waals surface area contributed by atoms with Crippen molar-refractivity contribution >= 4 is 36.9 Å². The van der Waals surface area contributed by atoms with Gasteiger partial charge >= 0.3 is 0 Å². The van der Waals surface area contributed by atoms with Crippen LogP contribution < -0.4 is 0 Å². The highest BCUT2D eigenvalue weighted by Gasteiger charge is 2.18. The van der Waals surface area contributed by atoms with Gasteiger partial charge in [-0.1, -0.05) is 17.7 Å². The standard InChI is InChI=1S/C14H11BrN2O2S/c1-10-2-4-12(5-3-10)20(18,19)17-7-6-11-8-14(15)16-9-13(11)17/h2-9H,1H3. The summed E-state index contributed by atoms with van der Waals surface area (Å²) in [5.74, 6) is 0. The van der Waals surface area contributed by atoms with E-state index >= 15 is 0 Å². The molecule has 0 aliphatic carbocycles. The van der Waals surface area contributed by atoms with Crippen molar-refractivity contribution in [2.24, 2.45) is 0 Å². The summed E-state index contributed by atoms with van der Waals surface area (Å²) in [4.78, 5) is 4.36. The molecule has 4 nitrogen and oxygen atoms in total. The fourth-order valence-corrected chi connectivity index (χ4v) is 3.70. The first-order valence-electron chi connectivity index (χ1n) is 5.93. The lowest BCUT2D eigenvalue weighted by Crippen LogP contribution is -2.11. The van der Waals surface area contributed by atoms with Gasteiger partial charge in [-0.25, -0.2) is 17.4 Å². The highest BCUT2D eigenvalue weighted by atomic mass is 79.9. The van der Waals surface area contributed by atoms with Gasteiger partial charge in [0.05, 0.1) is 16.6 Å². The molecule has 0 bridgehead atoms. The van der Waals surface area contributed by atoms with Crippen LogP contribution in [-0.2, 0) is 10.0 Å². The van der Waals surface area contributed by atoms with Crippen LogP contribution in [0.5, 0.6) is 0 Å². The van der Waals surface area contributed by atoms with E-state index in [1.807, 2.05) is 6.92 Å². The molecule has 0 N–H and O–H groups in total. The molecule has 0 aliphatic rings. The summed E-state index contributed by atoms with van der Waals surface area (Å²) in [6, 6.07) is 10.3. The number of rotatable bonds is 2. The SMILES string of the molecule is Cc1ccc(S(=O)(=O)n2ccc3cc(Br)ncc32)cc1. The molecule has 0 amide bonds. The molecule has 102 valence electrons. The third-order valence-corrected chi connectivity index (χ3v) is 5.22. The smallest absolute Gasteiger partial charge is 0.247 e. The average molecular weight is 351 g/mol. The van der Waals surface area contributed by atoms with E-state index in [4.69, 9.17) is 0 Å². The normalized spacial score (nSPS) is 11.9. The number of fused-ring (bicyclic) bond motifs is 1. The maximum absolute atomic E-state index is 12.6. The zero-order chi connectivity index (χ0) is 14.3. The number of aromatic nitrogens is 2. The number of aryl methyl sites for hydroxylation is 1. The molecule has 20 heavy (non-hydrogen) atoms. The second kappa shape index (κ2) is 4.71. The van der Waals surface area contributed by atoms with Gasteiger partial charge in [0.1, 0.15) is 4.60 Å². The quantitative estimate of drug-likeness (QED) is 0.666. The van der Waals surface area contributed by atoms with Gasteiger partial charge < -0.3 is 0 Å². The van der Waals surface area contributed by atoms with E-state index in [9.17, 15) is 8.42 Å². The van der Waals surface area contributed by atoms with Crippen LogP contribution in [0.2, 0.25) is 0 Å². The molecule has 0 spiro atoms. The summed E-state index contributed by atoms with van der Waals surface area (Å²) in [6.07, 6.45) is 3.10. The number of hydrogen-bond acceptors (Lipinski definition) is 3. The van der Waals surface area contributed by atoms with E-state index in [1.165, 1.54) is 3.97 Å². The molecule has 0 unspecified atom stereocenters. The molecule has 2 aromatic heterocycles. The summed E-state index contributed by atoms with van der Waals surface area (Å²) in [5.41, 5.74) is 1.58. The van der Waals surface area contributed by atoms with Gasteiger partial charge in [0.2, 0.25) is 0 Å². The van der Waals surface area contributed by atoms with Crippen LogP contribution in [0.25, 0.3) is 10.9 Å². The van der Waals surface area contributed by atoms with E-state index in [2.05, 4.69) is 20.9 Å². The molecule has 0 saturated carbocycles. The first-order chi connectivity index (χ1) is 9.48. The zero-order valence-electron chi connectivity index (χ0n) is 10.6. The Balaban J connectivity index is 2.21. The summed E-state index contributed by atoms with van der Waals surface area (Å²) in [6.45, 7) is 1.92. The Morgan fingerprint density at radius 2 is 1.85 bits per heavy atom. The van der Waals surface area contributed by atoms with Crippen LogP contribution in [0.15, 0.2) is 58.3 Å². The Morgan fingerprint density at radius 3 is 2.55 bits per heavy atom. The van der Waals surface area contributed by atoms with E-state index in [1.54, 1.807) is 48.8 Å². The second-order valence-electron chi connectivity index (χ2n) is 4.50. The van der Waals surface area contributed by atoms with Crippen molar-refractivity contribution < 1.29 is 8.42 Å². The third kappa shape index (κ3) is 2.14. The number of pyridine rings is 1. The van der Waals surface area contributed by atoms with Gasteiger partial charge in [-0.05, 0) is 47.1 Å². The minimum atomic E-state index is -3.59. The van der Waals surface area contributed by atoms with Crippen molar-refractivity contribution in [3.05, 3.63) is 59.0 Å². The molecule has 0 saturated heterocycles. The number of benzene rings is 1.